The van der Waals surface area contributed by atoms with Gasteiger partial charge in [0.05, 0.1) is 24.3 Å². The number of phenols is 1. The van der Waals surface area contributed by atoms with Crippen LogP contribution in [0.2, 0.25) is 0 Å². The molecule has 0 heterocycles. The average molecular weight is 516 g/mol. The lowest BCUT2D eigenvalue weighted by Gasteiger charge is -2.53. The molecule has 0 aromatic heterocycles. The number of Topliss-reactive ketones (excluding diaryl/α,β-unsaturated/α-hetero) is 2. The van der Waals surface area contributed by atoms with Crippen LogP contribution < -0.4 is 11.1 Å². The number of methoxy groups -OCH3 is 1. The van der Waals surface area contributed by atoms with Crippen molar-refractivity contribution < 1.29 is 44.3 Å². The van der Waals surface area contributed by atoms with Gasteiger partial charge in [0, 0.05) is 12.5 Å². The van der Waals surface area contributed by atoms with Crippen LogP contribution in [0.1, 0.15) is 27.9 Å². The number of nitrogens with one attached hydrogen (secondary N) is 1. The zero-order valence-corrected chi connectivity index (χ0v) is 20.8. The van der Waals surface area contributed by atoms with Crippen molar-refractivity contribution in [2.24, 2.45) is 17.1 Å². The van der Waals surface area contributed by atoms with Crippen molar-refractivity contribution >= 4 is 23.4 Å². The van der Waals surface area contributed by atoms with Crippen molar-refractivity contribution in [1.29, 1.82) is 0 Å². The number of primary amides is 1. The molecule has 0 saturated carbocycles. The molecule has 3 aliphatic carbocycles. The maximum atomic E-state index is 13.9. The van der Waals surface area contributed by atoms with E-state index in [4.69, 9.17) is 10.5 Å². The summed E-state index contributed by atoms with van der Waals surface area (Å²) >= 11 is 0. The van der Waals surface area contributed by atoms with Gasteiger partial charge >= 0.3 is 5.97 Å². The smallest absolute Gasteiger partial charge is 0.316 e. The second-order valence-corrected chi connectivity index (χ2v) is 9.87. The minimum atomic E-state index is -2.87. The molecule has 4 atom stereocenters. The molecular weight excluding hydrogens is 486 g/mol. The highest BCUT2D eigenvalue weighted by Crippen LogP contribution is 2.58. The molecule has 0 aliphatic heterocycles. The van der Waals surface area contributed by atoms with E-state index in [1.54, 1.807) is 13.1 Å². The largest absolute Gasteiger partial charge is 0.510 e. The van der Waals surface area contributed by atoms with Gasteiger partial charge in [-0.15, -0.1) is 0 Å². The number of likely N-dealkylation sites (N-methyl/N-ethyl adjacent to an activating group) is 1. The molecule has 1 amide bonds. The minimum Gasteiger partial charge on any atom is -0.510 e. The van der Waals surface area contributed by atoms with Gasteiger partial charge in [-0.25, -0.2) is 0 Å². The number of hydrogen-bond acceptors (Lipinski definition) is 11. The first-order valence-corrected chi connectivity index (χ1v) is 11.5. The fourth-order valence-corrected chi connectivity index (χ4v) is 6.18. The van der Waals surface area contributed by atoms with Crippen molar-refractivity contribution in [1.82, 2.24) is 10.2 Å². The van der Waals surface area contributed by atoms with E-state index in [9.17, 15) is 39.6 Å². The molecule has 198 valence electrons. The molecule has 3 aliphatic rings. The monoisotopic (exact) mass is 515 g/mol. The SMILES string of the molecule is CNCc1ccc(O)c2c1C[C@@]1(C(=O)OC)C[C@H]3[C@H](N(C)C)C(O)=C(C(N)=O)C(=O)[C@@]3(O)C(O)=C1C2=O. The van der Waals surface area contributed by atoms with E-state index in [0.29, 0.717) is 11.1 Å². The molecule has 12 heteroatoms. The lowest BCUT2D eigenvalue weighted by Crippen LogP contribution is -2.66. The van der Waals surface area contributed by atoms with Crippen LogP contribution in [-0.4, -0.2) is 88.7 Å². The number of ketones is 2. The summed E-state index contributed by atoms with van der Waals surface area (Å²) in [6.45, 7) is 0.288. The number of hydrogen-bond donors (Lipinski definition) is 6. The summed E-state index contributed by atoms with van der Waals surface area (Å²) in [5.41, 5.74) is -0.185. The van der Waals surface area contributed by atoms with Gasteiger partial charge in [0.15, 0.2) is 11.4 Å². The van der Waals surface area contributed by atoms with Gasteiger partial charge in [-0.2, -0.15) is 0 Å². The van der Waals surface area contributed by atoms with E-state index >= 15 is 0 Å². The fraction of sp³-hybridized carbons (Fsp3) is 0.440. The van der Waals surface area contributed by atoms with Crippen LogP contribution in [0.15, 0.2) is 34.8 Å². The van der Waals surface area contributed by atoms with Crippen LogP contribution in [-0.2, 0) is 32.1 Å². The van der Waals surface area contributed by atoms with Gasteiger partial charge in [-0.05, 0) is 51.2 Å². The number of nitrogens with zero attached hydrogens (tertiary/aromatic N) is 1. The lowest BCUT2D eigenvalue weighted by atomic mass is 9.52. The molecule has 0 radical (unpaired) electrons. The number of nitrogens with two attached hydrogens (primary N) is 1. The summed E-state index contributed by atoms with van der Waals surface area (Å²) in [6.07, 6.45) is -0.625. The third-order valence-electron chi connectivity index (χ3n) is 7.74. The van der Waals surface area contributed by atoms with E-state index in [2.05, 4.69) is 5.32 Å². The Hall–Kier alpha value is -3.74. The number of esters is 1. The molecule has 0 unspecified atom stereocenters. The molecular formula is C25H29N3O9. The van der Waals surface area contributed by atoms with Crippen molar-refractivity contribution in [2.75, 3.05) is 28.3 Å². The average Bonchev–Trinajstić information content (AvgIpc) is 2.82. The third kappa shape index (κ3) is 3.32. The summed E-state index contributed by atoms with van der Waals surface area (Å²) in [5.74, 6) is -8.28. The van der Waals surface area contributed by atoms with Crippen LogP contribution in [0.5, 0.6) is 5.75 Å². The minimum absolute atomic E-state index is 0.184. The number of carbonyl (C=O) groups is 4. The highest BCUT2D eigenvalue weighted by molar-refractivity contribution is 6.25. The Balaban J connectivity index is 2.11. The molecule has 0 saturated heterocycles. The Morgan fingerprint density at radius 3 is 2.41 bits per heavy atom. The predicted molar refractivity (Wildman–Crippen MR) is 127 cm³/mol. The van der Waals surface area contributed by atoms with E-state index in [1.165, 1.54) is 25.1 Å². The number of rotatable bonds is 5. The maximum Gasteiger partial charge on any atom is 0.316 e. The molecule has 0 spiro atoms. The van der Waals surface area contributed by atoms with Crippen LogP contribution in [0.4, 0.5) is 0 Å². The highest BCUT2D eigenvalue weighted by atomic mass is 16.5. The standard InChI is InChI=1S/C25H29N3O9/c1-27-9-10-5-6-13(29)14-11(10)7-24(23(35)37-4)8-12-17(28(2)3)19(31)15(22(26)34)20(32)25(12,36)21(33)16(24)18(14)30/h5-6,12,17,27,29,31,33,36H,7-9H2,1-4H3,(H2,26,34)/t12-,17-,24+,25+/m0/s1. The van der Waals surface area contributed by atoms with E-state index < -0.39 is 81.3 Å². The molecule has 0 bridgehead atoms. The Labute approximate surface area is 212 Å². The molecule has 37 heavy (non-hydrogen) atoms. The fourth-order valence-electron chi connectivity index (χ4n) is 6.18. The third-order valence-corrected chi connectivity index (χ3v) is 7.74. The van der Waals surface area contributed by atoms with Crippen molar-refractivity contribution in [2.45, 2.75) is 31.0 Å². The normalized spacial score (nSPS) is 29.1. The Morgan fingerprint density at radius 2 is 1.86 bits per heavy atom. The summed E-state index contributed by atoms with van der Waals surface area (Å²) in [6, 6.07) is 1.65. The number of amides is 1. The Morgan fingerprint density at radius 1 is 1.22 bits per heavy atom. The molecule has 1 aromatic carbocycles. The first kappa shape index (κ1) is 26.3. The second kappa shape index (κ2) is 8.68. The van der Waals surface area contributed by atoms with Crippen molar-refractivity contribution in [3.63, 3.8) is 0 Å². The number of aliphatic hydroxyl groups excluding tert-OH is 2. The summed E-state index contributed by atoms with van der Waals surface area (Å²) < 4.78 is 5.07. The zero-order chi connectivity index (χ0) is 27.6. The topological polar surface area (TPSA) is 200 Å². The first-order chi connectivity index (χ1) is 17.3. The number of fused-ring (bicyclic) bond motifs is 3. The van der Waals surface area contributed by atoms with Crippen molar-refractivity contribution in [3.8, 4) is 5.75 Å². The van der Waals surface area contributed by atoms with Crippen LogP contribution in [0.25, 0.3) is 0 Å². The van der Waals surface area contributed by atoms with Crippen LogP contribution >= 0.6 is 0 Å². The van der Waals surface area contributed by atoms with Crippen molar-refractivity contribution in [3.05, 3.63) is 51.5 Å². The molecule has 1 aromatic rings. The Bertz CT molecular complexity index is 1310. The quantitative estimate of drug-likeness (QED) is 0.216. The summed E-state index contributed by atoms with van der Waals surface area (Å²) in [4.78, 5) is 54.3. The molecule has 0 fully saturated rings. The lowest BCUT2D eigenvalue weighted by molar-refractivity contribution is -0.163. The number of aliphatic hydroxyl groups is 3. The molecule has 12 nitrogen and oxygen atoms in total. The van der Waals surface area contributed by atoms with Gasteiger partial charge < -0.3 is 36.2 Å². The molecule has 7 N–H and O–H groups in total. The summed E-state index contributed by atoms with van der Waals surface area (Å²) in [7, 11) is 5.78. The zero-order valence-electron chi connectivity index (χ0n) is 20.8. The number of benzene rings is 1. The second-order valence-electron chi connectivity index (χ2n) is 9.87. The maximum absolute atomic E-state index is 13.9. The van der Waals surface area contributed by atoms with E-state index in [-0.39, 0.29) is 18.5 Å². The van der Waals surface area contributed by atoms with Gasteiger partial charge in [0.1, 0.15) is 28.3 Å². The van der Waals surface area contributed by atoms with E-state index in [0.717, 1.165) is 7.11 Å². The number of phenolic OH excluding ortho intramolecular Hbond substituents is 1. The van der Waals surface area contributed by atoms with Gasteiger partial charge in [0.2, 0.25) is 5.78 Å². The number of carbonyl (C=O) groups excluding carboxylic acids is 4. The highest BCUT2D eigenvalue weighted by Gasteiger charge is 2.68. The number of aromatic hydroxyl groups is 1. The summed E-state index contributed by atoms with van der Waals surface area (Å²) in [5, 5.41) is 47.7. The van der Waals surface area contributed by atoms with Crippen LogP contribution in [0, 0.1) is 11.3 Å². The predicted octanol–water partition coefficient (Wildman–Crippen LogP) is -0.617. The van der Waals surface area contributed by atoms with Crippen LogP contribution in [0.3, 0.4) is 0 Å². The Kier molecular flexibility index (Phi) is 6.18. The number of ether oxygens (including phenoxy) is 1. The first-order valence-electron chi connectivity index (χ1n) is 11.5. The van der Waals surface area contributed by atoms with Gasteiger partial charge in [-0.1, -0.05) is 6.07 Å². The van der Waals surface area contributed by atoms with E-state index in [1.807, 2.05) is 0 Å². The van der Waals surface area contributed by atoms with Gasteiger partial charge in [0.25, 0.3) is 5.91 Å². The molecule has 4 rings (SSSR count). The van der Waals surface area contributed by atoms with Gasteiger partial charge in [-0.3, -0.25) is 24.1 Å².